The fourth-order valence-corrected chi connectivity index (χ4v) is 5.72. The summed E-state index contributed by atoms with van der Waals surface area (Å²) in [7, 11) is 0. The summed E-state index contributed by atoms with van der Waals surface area (Å²) in [5.74, 6) is 0.896. The van der Waals surface area contributed by atoms with E-state index >= 15 is 0 Å². The van der Waals surface area contributed by atoms with E-state index < -0.39 is 0 Å². The van der Waals surface area contributed by atoms with Crippen molar-refractivity contribution in [1.82, 2.24) is 29.5 Å². The van der Waals surface area contributed by atoms with Crippen LogP contribution in [0.2, 0.25) is 5.02 Å². The maximum Gasteiger partial charge on any atom is 0.257 e. The molecule has 1 aliphatic heterocycles. The molecular weight excluding hydrogens is 479 g/mol. The molecule has 36 heavy (non-hydrogen) atoms. The SMILES string of the molecule is CCC(c1ccc(F)cc1Cl)N1C[C@H](CC)N(c2nc3nncn3c3ccc(C#N)nc23)C[C@H]1CC. The normalized spacial score (nSPS) is 19.6. The van der Waals surface area contributed by atoms with Crippen LogP contribution in [0.15, 0.2) is 36.7 Å². The maximum absolute atomic E-state index is 13.8. The molecule has 0 radical (unpaired) electrons. The maximum atomic E-state index is 13.8. The van der Waals surface area contributed by atoms with Gasteiger partial charge in [0.05, 0.1) is 5.52 Å². The summed E-state index contributed by atoms with van der Waals surface area (Å²) in [6, 6.07) is 10.9. The fourth-order valence-electron chi connectivity index (χ4n) is 5.43. The van der Waals surface area contributed by atoms with E-state index in [4.69, 9.17) is 16.6 Å². The molecule has 1 aliphatic rings. The van der Waals surface area contributed by atoms with Crippen molar-refractivity contribution in [1.29, 1.82) is 5.26 Å². The van der Waals surface area contributed by atoms with Crippen LogP contribution in [0, 0.1) is 17.1 Å². The summed E-state index contributed by atoms with van der Waals surface area (Å²) in [6.07, 6.45) is 4.28. The highest BCUT2D eigenvalue weighted by molar-refractivity contribution is 6.31. The molecular formula is C26H28ClFN8. The number of nitrogens with zero attached hydrogens (tertiary/aromatic N) is 8. The number of piperazine rings is 1. The first-order chi connectivity index (χ1) is 17.5. The van der Waals surface area contributed by atoms with Crippen molar-refractivity contribution in [3.63, 3.8) is 0 Å². The lowest BCUT2D eigenvalue weighted by molar-refractivity contribution is 0.0896. The minimum Gasteiger partial charge on any atom is -0.349 e. The topological polar surface area (TPSA) is 86.2 Å². The number of halogens is 2. The lowest BCUT2D eigenvalue weighted by Gasteiger charge is -2.49. The Morgan fingerprint density at radius 2 is 1.92 bits per heavy atom. The van der Waals surface area contributed by atoms with Crippen molar-refractivity contribution in [3.8, 4) is 6.07 Å². The summed E-state index contributed by atoms with van der Waals surface area (Å²) in [5.41, 5.74) is 2.77. The molecule has 0 aliphatic carbocycles. The zero-order valence-corrected chi connectivity index (χ0v) is 21.3. The number of benzene rings is 1. The molecule has 4 heterocycles. The van der Waals surface area contributed by atoms with Crippen LogP contribution in [0.4, 0.5) is 10.2 Å². The van der Waals surface area contributed by atoms with Gasteiger partial charge in [0.1, 0.15) is 29.4 Å². The number of rotatable bonds is 6. The Labute approximate surface area is 214 Å². The molecule has 10 heteroatoms. The van der Waals surface area contributed by atoms with Crippen molar-refractivity contribution < 1.29 is 4.39 Å². The predicted octanol–water partition coefficient (Wildman–Crippen LogP) is 5.17. The van der Waals surface area contributed by atoms with Gasteiger partial charge >= 0.3 is 0 Å². The van der Waals surface area contributed by atoms with Gasteiger partial charge in [-0.25, -0.2) is 9.37 Å². The number of aromatic nitrogens is 5. The van der Waals surface area contributed by atoms with Gasteiger partial charge in [-0.05, 0) is 49.1 Å². The molecule has 4 aromatic rings. The van der Waals surface area contributed by atoms with Crippen molar-refractivity contribution in [3.05, 3.63) is 58.8 Å². The van der Waals surface area contributed by atoms with E-state index in [1.54, 1.807) is 16.8 Å². The molecule has 0 saturated carbocycles. The second-order valence-corrected chi connectivity index (χ2v) is 9.58. The van der Waals surface area contributed by atoms with Crippen LogP contribution in [0.3, 0.4) is 0 Å². The van der Waals surface area contributed by atoms with Crippen LogP contribution >= 0.6 is 11.6 Å². The zero-order chi connectivity index (χ0) is 25.4. The van der Waals surface area contributed by atoms with Gasteiger partial charge < -0.3 is 4.90 Å². The fraction of sp³-hybridized carbons (Fsp3) is 0.423. The van der Waals surface area contributed by atoms with E-state index in [1.807, 2.05) is 12.1 Å². The first-order valence-electron chi connectivity index (χ1n) is 12.4. The lowest BCUT2D eigenvalue weighted by Crippen LogP contribution is -2.59. The Morgan fingerprint density at radius 3 is 2.61 bits per heavy atom. The highest BCUT2D eigenvalue weighted by Gasteiger charge is 2.38. The molecule has 0 amide bonds. The van der Waals surface area contributed by atoms with E-state index in [0.717, 1.165) is 49.2 Å². The van der Waals surface area contributed by atoms with Gasteiger partial charge in [0.2, 0.25) is 0 Å². The third kappa shape index (κ3) is 4.14. The van der Waals surface area contributed by atoms with Crippen LogP contribution in [-0.4, -0.2) is 54.6 Å². The summed E-state index contributed by atoms with van der Waals surface area (Å²) < 4.78 is 15.6. The number of anilines is 1. The van der Waals surface area contributed by atoms with E-state index in [9.17, 15) is 9.65 Å². The molecule has 1 saturated heterocycles. The highest BCUT2D eigenvalue weighted by atomic mass is 35.5. The van der Waals surface area contributed by atoms with E-state index in [2.05, 4.69) is 51.8 Å². The van der Waals surface area contributed by atoms with Gasteiger partial charge in [-0.2, -0.15) is 10.2 Å². The van der Waals surface area contributed by atoms with Gasteiger partial charge in [-0.1, -0.05) is 38.4 Å². The Morgan fingerprint density at radius 1 is 1.11 bits per heavy atom. The van der Waals surface area contributed by atoms with E-state index in [1.165, 1.54) is 12.1 Å². The molecule has 0 N–H and O–H groups in total. The number of pyridine rings is 1. The van der Waals surface area contributed by atoms with E-state index in [0.29, 0.717) is 22.0 Å². The zero-order valence-electron chi connectivity index (χ0n) is 20.6. The molecule has 3 atom stereocenters. The predicted molar refractivity (Wildman–Crippen MR) is 137 cm³/mol. The second-order valence-electron chi connectivity index (χ2n) is 9.18. The number of fused-ring (bicyclic) bond motifs is 3. The van der Waals surface area contributed by atoms with Crippen molar-refractivity contribution in [2.45, 2.75) is 58.2 Å². The third-order valence-corrected chi connectivity index (χ3v) is 7.58. The number of nitriles is 1. The molecule has 3 aromatic heterocycles. The van der Waals surface area contributed by atoms with Crippen LogP contribution in [-0.2, 0) is 0 Å². The smallest absolute Gasteiger partial charge is 0.257 e. The summed E-state index contributed by atoms with van der Waals surface area (Å²) in [5, 5.41) is 18.2. The van der Waals surface area contributed by atoms with Gasteiger partial charge in [-0.15, -0.1) is 10.2 Å². The van der Waals surface area contributed by atoms with Gasteiger partial charge in [0.25, 0.3) is 5.78 Å². The molecule has 1 fully saturated rings. The third-order valence-electron chi connectivity index (χ3n) is 7.26. The van der Waals surface area contributed by atoms with Crippen molar-refractivity contribution in [2.75, 3.05) is 18.0 Å². The van der Waals surface area contributed by atoms with Crippen LogP contribution in [0.25, 0.3) is 16.8 Å². The molecule has 0 spiro atoms. The molecule has 1 aromatic carbocycles. The first kappa shape index (κ1) is 24.3. The standard InChI is InChI=1S/C26H28ClFN8/c1-4-18-14-35(19(5-2)13-34(18)22(6-3)20-9-7-16(28)11-21(20)27)25-24-23(10-8-17(12-29)31-24)36-15-30-33-26(36)32-25/h7-11,15,18-19,22H,4-6,13-14H2,1-3H3/t18-,19+,22?/m1/s1. The summed E-state index contributed by atoms with van der Waals surface area (Å²) in [6.45, 7) is 8.02. The van der Waals surface area contributed by atoms with E-state index in [-0.39, 0.29) is 23.9 Å². The minimum absolute atomic E-state index is 0.0752. The first-order valence-corrected chi connectivity index (χ1v) is 12.7. The van der Waals surface area contributed by atoms with Crippen molar-refractivity contribution >= 4 is 34.2 Å². The Hall–Kier alpha value is -3.35. The van der Waals surface area contributed by atoms with Crippen molar-refractivity contribution in [2.24, 2.45) is 0 Å². The van der Waals surface area contributed by atoms with Gasteiger partial charge in [-0.3, -0.25) is 9.30 Å². The Balaban J connectivity index is 1.58. The average molecular weight is 507 g/mol. The molecule has 0 bridgehead atoms. The number of hydrogen-bond acceptors (Lipinski definition) is 7. The number of hydrogen-bond donors (Lipinski definition) is 0. The molecule has 186 valence electrons. The lowest BCUT2D eigenvalue weighted by atomic mass is 9.94. The van der Waals surface area contributed by atoms with Gasteiger partial charge in [0.15, 0.2) is 5.82 Å². The second kappa shape index (κ2) is 9.96. The largest absolute Gasteiger partial charge is 0.349 e. The summed E-state index contributed by atoms with van der Waals surface area (Å²) >= 11 is 6.51. The van der Waals surface area contributed by atoms with Crippen LogP contribution < -0.4 is 4.90 Å². The van der Waals surface area contributed by atoms with Gasteiger partial charge in [0, 0.05) is 36.2 Å². The molecule has 5 rings (SSSR count). The monoisotopic (exact) mass is 506 g/mol. The summed E-state index contributed by atoms with van der Waals surface area (Å²) in [4.78, 5) is 14.3. The highest BCUT2D eigenvalue weighted by Crippen LogP contribution is 2.37. The van der Waals surface area contributed by atoms with Crippen LogP contribution in [0.1, 0.15) is 57.3 Å². The average Bonchev–Trinajstić information content (AvgIpc) is 3.38. The Bertz CT molecular complexity index is 1450. The molecule has 8 nitrogen and oxygen atoms in total. The van der Waals surface area contributed by atoms with Crippen LogP contribution in [0.5, 0.6) is 0 Å². The minimum atomic E-state index is -0.326. The quantitative estimate of drug-likeness (QED) is 0.356. The Kier molecular flexibility index (Phi) is 6.73. The molecule has 1 unspecified atom stereocenters.